The second-order valence-corrected chi connectivity index (χ2v) is 6.39. The van der Waals surface area contributed by atoms with Gasteiger partial charge < -0.3 is 0 Å². The van der Waals surface area contributed by atoms with Crippen LogP contribution in [0.25, 0.3) is 0 Å². The van der Waals surface area contributed by atoms with Crippen molar-refractivity contribution in [2.24, 2.45) is 0 Å². The van der Waals surface area contributed by atoms with E-state index >= 15 is 0 Å². The molecule has 0 aromatic carbocycles. The van der Waals surface area contributed by atoms with Gasteiger partial charge in [-0.3, -0.25) is 4.98 Å². The Morgan fingerprint density at radius 3 is 2.50 bits per heavy atom. The molecule has 0 spiro atoms. The Bertz CT molecular complexity index is 483. The summed E-state index contributed by atoms with van der Waals surface area (Å²) in [7, 11) is 1.67. The summed E-state index contributed by atoms with van der Waals surface area (Å²) in [4.78, 5) is 4.23. The maximum atomic E-state index is 11.3. The molecule has 0 aliphatic carbocycles. The van der Waals surface area contributed by atoms with E-state index < -0.39 is 9.05 Å². The average molecular weight is 262 g/mol. The number of rotatable bonds is 4. The zero-order chi connectivity index (χ0) is 12.3. The summed E-state index contributed by atoms with van der Waals surface area (Å²) in [5, 5.41) is 0. The highest BCUT2D eigenvalue weighted by Gasteiger charge is 2.17. The van der Waals surface area contributed by atoms with Crippen molar-refractivity contribution in [1.29, 1.82) is 0 Å². The third-order valence-corrected chi connectivity index (χ3v) is 4.11. The predicted octanol–water partition coefficient (Wildman–Crippen LogP) is 2.97. The van der Waals surface area contributed by atoms with E-state index in [9.17, 15) is 8.42 Å². The Morgan fingerprint density at radius 1 is 1.38 bits per heavy atom. The van der Waals surface area contributed by atoms with E-state index in [1.165, 1.54) is 6.20 Å². The van der Waals surface area contributed by atoms with Crippen molar-refractivity contribution in [1.82, 2.24) is 4.98 Å². The van der Waals surface area contributed by atoms with E-state index in [1.54, 1.807) is 6.92 Å². The van der Waals surface area contributed by atoms with Gasteiger partial charge in [0, 0.05) is 22.6 Å². The highest BCUT2D eigenvalue weighted by Crippen LogP contribution is 2.24. The molecule has 16 heavy (non-hydrogen) atoms. The minimum absolute atomic E-state index is 0.130. The molecular weight excluding hydrogens is 246 g/mol. The van der Waals surface area contributed by atoms with Gasteiger partial charge in [-0.05, 0) is 37.8 Å². The third-order valence-electron chi connectivity index (χ3n) is 2.68. The van der Waals surface area contributed by atoms with Gasteiger partial charge in [-0.2, -0.15) is 0 Å². The van der Waals surface area contributed by atoms with E-state index in [1.807, 2.05) is 6.92 Å². The smallest absolute Gasteiger partial charge is 0.260 e. The number of unbranched alkanes of at least 4 members (excludes halogenated alkanes) is 1. The molecule has 0 bridgehead atoms. The first-order chi connectivity index (χ1) is 7.38. The van der Waals surface area contributed by atoms with Crippen molar-refractivity contribution < 1.29 is 8.42 Å². The lowest BCUT2D eigenvalue weighted by Gasteiger charge is -2.11. The van der Waals surface area contributed by atoms with Crippen LogP contribution in [0.4, 0.5) is 0 Å². The molecule has 3 nitrogen and oxygen atoms in total. The van der Waals surface area contributed by atoms with Gasteiger partial charge in [0.1, 0.15) is 4.90 Å². The summed E-state index contributed by atoms with van der Waals surface area (Å²) in [5.74, 6) is 0. The van der Waals surface area contributed by atoms with Crippen molar-refractivity contribution in [3.63, 3.8) is 0 Å². The molecule has 0 amide bonds. The van der Waals surface area contributed by atoms with Gasteiger partial charge in [0.15, 0.2) is 0 Å². The third kappa shape index (κ3) is 2.95. The number of hydrogen-bond donors (Lipinski definition) is 0. The second-order valence-electron chi connectivity index (χ2n) is 3.85. The molecule has 90 valence electrons. The largest absolute Gasteiger partial charge is 0.263 e. The summed E-state index contributed by atoms with van der Waals surface area (Å²) in [6, 6.07) is 0. The predicted molar refractivity (Wildman–Crippen MR) is 65.4 cm³/mol. The Balaban J connectivity index is 3.27. The summed E-state index contributed by atoms with van der Waals surface area (Å²) in [6.07, 6.45) is 4.27. The number of aromatic nitrogens is 1. The molecule has 0 saturated carbocycles. The van der Waals surface area contributed by atoms with Crippen LogP contribution in [0.5, 0.6) is 0 Å². The van der Waals surface area contributed by atoms with Crippen molar-refractivity contribution >= 4 is 19.7 Å². The van der Waals surface area contributed by atoms with Crippen LogP contribution in [0.3, 0.4) is 0 Å². The van der Waals surface area contributed by atoms with Gasteiger partial charge in [-0.15, -0.1) is 0 Å². The zero-order valence-corrected chi connectivity index (χ0v) is 11.3. The summed E-state index contributed by atoms with van der Waals surface area (Å²) < 4.78 is 22.6. The van der Waals surface area contributed by atoms with Gasteiger partial charge in [-0.1, -0.05) is 13.3 Å². The number of nitrogens with zero attached hydrogens (tertiary/aromatic N) is 1. The molecule has 0 saturated heterocycles. The van der Waals surface area contributed by atoms with E-state index in [4.69, 9.17) is 10.7 Å². The average Bonchev–Trinajstić information content (AvgIpc) is 2.15. The van der Waals surface area contributed by atoms with E-state index in [2.05, 4.69) is 11.9 Å². The first-order valence-electron chi connectivity index (χ1n) is 5.27. The molecule has 1 aromatic heterocycles. The minimum Gasteiger partial charge on any atom is -0.260 e. The second kappa shape index (κ2) is 5.15. The Labute approximate surface area is 101 Å². The van der Waals surface area contributed by atoms with E-state index in [-0.39, 0.29) is 4.90 Å². The molecule has 1 aromatic rings. The Hall–Kier alpha value is -0.610. The van der Waals surface area contributed by atoms with Crippen molar-refractivity contribution in [3.8, 4) is 0 Å². The zero-order valence-electron chi connectivity index (χ0n) is 9.75. The van der Waals surface area contributed by atoms with Crippen LogP contribution in [-0.2, 0) is 15.5 Å². The number of hydrogen-bond acceptors (Lipinski definition) is 3. The van der Waals surface area contributed by atoms with E-state index in [0.717, 1.165) is 36.1 Å². The molecule has 1 rings (SSSR count). The first-order valence-corrected chi connectivity index (χ1v) is 7.58. The van der Waals surface area contributed by atoms with Crippen molar-refractivity contribution in [2.75, 3.05) is 0 Å². The van der Waals surface area contributed by atoms with Gasteiger partial charge in [0.05, 0.1) is 0 Å². The van der Waals surface area contributed by atoms with Crippen LogP contribution in [0.15, 0.2) is 11.1 Å². The van der Waals surface area contributed by atoms with Crippen molar-refractivity contribution in [2.45, 2.75) is 44.9 Å². The number of aryl methyl sites for hydroxylation is 1. The molecule has 0 radical (unpaired) electrons. The first kappa shape index (κ1) is 13.5. The topological polar surface area (TPSA) is 47.0 Å². The molecular formula is C11H16ClNO2S. The summed E-state index contributed by atoms with van der Waals surface area (Å²) in [5.41, 5.74) is 2.62. The molecule has 0 aliphatic heterocycles. The van der Waals surface area contributed by atoms with E-state index in [0.29, 0.717) is 0 Å². The molecule has 0 fully saturated rings. The van der Waals surface area contributed by atoms with Gasteiger partial charge in [0.2, 0.25) is 0 Å². The Kier molecular flexibility index (Phi) is 4.33. The van der Waals surface area contributed by atoms with Crippen LogP contribution >= 0.6 is 10.7 Å². The fourth-order valence-corrected chi connectivity index (χ4v) is 2.85. The molecule has 0 atom stereocenters. The molecule has 0 N–H and O–H groups in total. The lowest BCUT2D eigenvalue weighted by atomic mass is 10.0. The molecule has 1 heterocycles. The van der Waals surface area contributed by atoms with Crippen LogP contribution in [0.2, 0.25) is 0 Å². The molecule has 0 aliphatic rings. The monoisotopic (exact) mass is 261 g/mol. The molecule has 5 heteroatoms. The minimum atomic E-state index is -3.69. The highest BCUT2D eigenvalue weighted by molar-refractivity contribution is 8.13. The highest BCUT2D eigenvalue weighted by atomic mass is 35.7. The van der Waals surface area contributed by atoms with Crippen LogP contribution in [0, 0.1) is 13.8 Å². The summed E-state index contributed by atoms with van der Waals surface area (Å²) >= 11 is 0. The van der Waals surface area contributed by atoms with Crippen molar-refractivity contribution in [3.05, 3.63) is 23.0 Å². The maximum absolute atomic E-state index is 11.3. The van der Waals surface area contributed by atoms with Gasteiger partial charge in [0.25, 0.3) is 9.05 Å². The number of halogens is 1. The summed E-state index contributed by atoms with van der Waals surface area (Å²) in [6.45, 7) is 5.78. The maximum Gasteiger partial charge on any atom is 0.263 e. The quantitative estimate of drug-likeness (QED) is 0.783. The Morgan fingerprint density at radius 2 is 2.00 bits per heavy atom. The van der Waals surface area contributed by atoms with Crippen LogP contribution < -0.4 is 0 Å². The standard InChI is InChI=1S/C11H16ClNO2S/c1-4-5-6-10-8(2)11(16(12,14)15)7-13-9(10)3/h7H,4-6H2,1-3H3. The molecule has 0 unspecified atom stereocenters. The lowest BCUT2D eigenvalue weighted by molar-refractivity contribution is 0.608. The van der Waals surface area contributed by atoms with Gasteiger partial charge >= 0.3 is 0 Å². The normalized spacial score (nSPS) is 11.8. The SMILES string of the molecule is CCCCc1c(C)ncc(S(=O)(=O)Cl)c1C. The van der Waals surface area contributed by atoms with Gasteiger partial charge in [-0.25, -0.2) is 8.42 Å². The number of pyridine rings is 1. The fraction of sp³-hybridized carbons (Fsp3) is 0.545. The fourth-order valence-electron chi connectivity index (χ4n) is 1.72. The van der Waals surface area contributed by atoms with Crippen LogP contribution in [0.1, 0.15) is 36.6 Å². The lowest BCUT2D eigenvalue weighted by Crippen LogP contribution is -2.04. The van der Waals surface area contributed by atoms with Crippen LogP contribution in [-0.4, -0.2) is 13.4 Å².